The number of amides is 1. The molecule has 1 amide bonds. The lowest BCUT2D eigenvalue weighted by Crippen LogP contribution is -2.16. The second-order valence-corrected chi connectivity index (χ2v) is 6.59. The van der Waals surface area contributed by atoms with Crippen molar-refractivity contribution in [3.05, 3.63) is 71.4 Å². The quantitative estimate of drug-likeness (QED) is 0.646. The molecule has 1 heterocycles. The lowest BCUT2D eigenvalue weighted by Gasteiger charge is -2.12. The number of nitrogens with one attached hydrogen (secondary N) is 1. The smallest absolute Gasteiger partial charge is 0.225 e. The molecule has 0 aliphatic heterocycles. The molecule has 0 aliphatic carbocycles. The zero-order chi connectivity index (χ0) is 19.9. The first-order valence-corrected chi connectivity index (χ1v) is 9.17. The van der Waals surface area contributed by atoms with E-state index in [0.717, 1.165) is 22.6 Å². The summed E-state index contributed by atoms with van der Waals surface area (Å²) in [6, 6.07) is 15.6. The largest absolute Gasteiger partial charge is 0.497 e. The average Bonchev–Trinajstić information content (AvgIpc) is 3.12. The van der Waals surface area contributed by atoms with Crippen LogP contribution in [-0.4, -0.2) is 29.9 Å². The molecule has 28 heavy (non-hydrogen) atoms. The summed E-state index contributed by atoms with van der Waals surface area (Å²) in [4.78, 5) is 12.5. The van der Waals surface area contributed by atoms with Crippen molar-refractivity contribution in [1.29, 1.82) is 0 Å². The fourth-order valence-electron chi connectivity index (χ4n) is 3.08. The number of hydrogen-bond acceptors (Lipinski definition) is 4. The van der Waals surface area contributed by atoms with E-state index in [1.54, 1.807) is 31.2 Å². The van der Waals surface area contributed by atoms with Gasteiger partial charge in [-0.3, -0.25) is 4.79 Å². The number of benzene rings is 2. The molecule has 0 saturated heterocycles. The number of methoxy groups -OCH3 is 2. The molecule has 3 aromatic rings. The number of hydrogen-bond donors (Lipinski definition) is 1. The Morgan fingerprint density at radius 3 is 2.71 bits per heavy atom. The van der Waals surface area contributed by atoms with E-state index in [2.05, 4.69) is 35.5 Å². The van der Waals surface area contributed by atoms with Crippen molar-refractivity contribution in [1.82, 2.24) is 9.78 Å². The zero-order valence-electron chi connectivity index (χ0n) is 16.4. The summed E-state index contributed by atoms with van der Waals surface area (Å²) < 4.78 is 12.4. The molecule has 1 N–H and O–H groups in total. The molecule has 146 valence electrons. The second-order valence-electron chi connectivity index (χ2n) is 6.59. The number of rotatable bonds is 8. The summed E-state index contributed by atoms with van der Waals surface area (Å²) >= 11 is 0. The molecule has 0 unspecified atom stereocenters. The second kappa shape index (κ2) is 9.08. The van der Waals surface area contributed by atoms with Crippen molar-refractivity contribution >= 4 is 11.7 Å². The molecular weight excluding hydrogens is 354 g/mol. The fourth-order valence-corrected chi connectivity index (χ4v) is 3.08. The Bertz CT molecular complexity index is 950. The van der Waals surface area contributed by atoms with E-state index in [1.165, 1.54) is 5.56 Å². The van der Waals surface area contributed by atoms with Crippen molar-refractivity contribution in [2.75, 3.05) is 19.5 Å². The van der Waals surface area contributed by atoms with Gasteiger partial charge in [-0.2, -0.15) is 5.10 Å². The number of ether oxygens (including phenoxy) is 2. The van der Waals surface area contributed by atoms with Crippen molar-refractivity contribution in [2.45, 2.75) is 26.3 Å². The van der Waals surface area contributed by atoms with Gasteiger partial charge in [0, 0.05) is 12.5 Å². The average molecular weight is 379 g/mol. The first-order chi connectivity index (χ1) is 13.6. The summed E-state index contributed by atoms with van der Waals surface area (Å²) in [7, 11) is 3.24. The van der Waals surface area contributed by atoms with Gasteiger partial charge < -0.3 is 14.8 Å². The molecule has 6 nitrogen and oxygen atoms in total. The lowest BCUT2D eigenvalue weighted by atomic mass is 10.1. The highest BCUT2D eigenvalue weighted by atomic mass is 16.5. The molecule has 0 fully saturated rings. The van der Waals surface area contributed by atoms with E-state index in [1.807, 2.05) is 24.3 Å². The molecule has 0 saturated carbocycles. The van der Waals surface area contributed by atoms with Gasteiger partial charge in [-0.05, 0) is 42.7 Å². The van der Waals surface area contributed by atoms with Crippen LogP contribution in [0.5, 0.6) is 11.5 Å². The minimum Gasteiger partial charge on any atom is -0.497 e. The maximum absolute atomic E-state index is 12.5. The number of nitrogens with zero attached hydrogens (tertiary/aromatic N) is 2. The molecule has 0 radical (unpaired) electrons. The van der Waals surface area contributed by atoms with Crippen LogP contribution in [0.4, 0.5) is 5.82 Å². The number of aromatic nitrogens is 2. The van der Waals surface area contributed by atoms with E-state index in [9.17, 15) is 4.79 Å². The third-order valence-corrected chi connectivity index (χ3v) is 4.51. The lowest BCUT2D eigenvalue weighted by molar-refractivity contribution is -0.116. The molecule has 6 heteroatoms. The van der Waals surface area contributed by atoms with Crippen LogP contribution in [0.3, 0.4) is 0 Å². The highest BCUT2D eigenvalue weighted by Crippen LogP contribution is 2.25. The molecule has 0 spiro atoms. The van der Waals surface area contributed by atoms with Gasteiger partial charge in [0.2, 0.25) is 5.91 Å². The van der Waals surface area contributed by atoms with Gasteiger partial charge in [0.1, 0.15) is 17.3 Å². The number of carbonyl (C=O) groups excluding carboxylic acids is 1. The topological polar surface area (TPSA) is 65.4 Å². The van der Waals surface area contributed by atoms with E-state index in [4.69, 9.17) is 9.47 Å². The van der Waals surface area contributed by atoms with Gasteiger partial charge >= 0.3 is 0 Å². The SMILES string of the molecule is COc1ccc(OC)c(CCC(=O)Nc2ccnn2Cc2cccc(C)c2)c1. The van der Waals surface area contributed by atoms with Crippen molar-refractivity contribution in [3.63, 3.8) is 0 Å². The van der Waals surface area contributed by atoms with Gasteiger partial charge in [-0.1, -0.05) is 29.8 Å². The molecule has 2 aromatic carbocycles. The van der Waals surface area contributed by atoms with Gasteiger partial charge in [0.25, 0.3) is 0 Å². The Morgan fingerprint density at radius 1 is 1.11 bits per heavy atom. The van der Waals surface area contributed by atoms with Gasteiger partial charge in [-0.15, -0.1) is 0 Å². The highest BCUT2D eigenvalue weighted by Gasteiger charge is 2.11. The summed E-state index contributed by atoms with van der Waals surface area (Å²) in [6.07, 6.45) is 2.58. The summed E-state index contributed by atoms with van der Waals surface area (Å²) in [5.74, 6) is 2.10. The summed E-state index contributed by atoms with van der Waals surface area (Å²) in [6.45, 7) is 2.66. The van der Waals surface area contributed by atoms with Crippen LogP contribution in [0.15, 0.2) is 54.7 Å². The Labute approximate surface area is 165 Å². The predicted octanol–water partition coefficient (Wildman–Crippen LogP) is 3.83. The van der Waals surface area contributed by atoms with Crippen molar-refractivity contribution < 1.29 is 14.3 Å². The van der Waals surface area contributed by atoms with Gasteiger partial charge in [0.05, 0.1) is 27.0 Å². The molecule has 3 rings (SSSR count). The van der Waals surface area contributed by atoms with Gasteiger partial charge in [-0.25, -0.2) is 4.68 Å². The van der Waals surface area contributed by atoms with Crippen LogP contribution >= 0.6 is 0 Å². The van der Waals surface area contributed by atoms with E-state index in [-0.39, 0.29) is 5.91 Å². The first-order valence-electron chi connectivity index (χ1n) is 9.17. The predicted molar refractivity (Wildman–Crippen MR) is 109 cm³/mol. The molecule has 0 atom stereocenters. The Hall–Kier alpha value is -3.28. The van der Waals surface area contributed by atoms with E-state index < -0.39 is 0 Å². The van der Waals surface area contributed by atoms with Crippen LogP contribution < -0.4 is 14.8 Å². The van der Waals surface area contributed by atoms with Crippen molar-refractivity contribution in [2.24, 2.45) is 0 Å². The Morgan fingerprint density at radius 2 is 1.96 bits per heavy atom. The maximum atomic E-state index is 12.5. The van der Waals surface area contributed by atoms with Crippen LogP contribution in [0.1, 0.15) is 23.1 Å². The molecular formula is C22H25N3O3. The molecule has 0 aliphatic rings. The third kappa shape index (κ3) is 4.91. The highest BCUT2D eigenvalue weighted by molar-refractivity contribution is 5.90. The van der Waals surface area contributed by atoms with Crippen LogP contribution in [-0.2, 0) is 17.8 Å². The third-order valence-electron chi connectivity index (χ3n) is 4.51. The molecule has 0 bridgehead atoms. The van der Waals surface area contributed by atoms with Gasteiger partial charge in [0.15, 0.2) is 0 Å². The maximum Gasteiger partial charge on any atom is 0.225 e. The van der Waals surface area contributed by atoms with E-state index >= 15 is 0 Å². The molecule has 1 aromatic heterocycles. The minimum absolute atomic E-state index is 0.0733. The normalized spacial score (nSPS) is 10.5. The minimum atomic E-state index is -0.0733. The van der Waals surface area contributed by atoms with Crippen molar-refractivity contribution in [3.8, 4) is 11.5 Å². The fraction of sp³-hybridized carbons (Fsp3) is 0.273. The standard InChI is InChI=1S/C22H25N3O3/c1-16-5-4-6-17(13-16)15-25-21(11-12-23-25)24-22(26)10-7-18-14-19(27-2)8-9-20(18)28-3/h4-6,8-9,11-14H,7,10,15H2,1-3H3,(H,24,26). The number of carbonyl (C=O) groups is 1. The van der Waals surface area contributed by atoms with Crippen LogP contribution in [0.2, 0.25) is 0 Å². The van der Waals surface area contributed by atoms with Crippen LogP contribution in [0, 0.1) is 6.92 Å². The van der Waals surface area contributed by atoms with Crippen LogP contribution in [0.25, 0.3) is 0 Å². The Kier molecular flexibility index (Phi) is 6.32. The number of aryl methyl sites for hydroxylation is 2. The first kappa shape index (κ1) is 19.5. The number of anilines is 1. The monoisotopic (exact) mass is 379 g/mol. The summed E-state index contributed by atoms with van der Waals surface area (Å²) in [5.41, 5.74) is 3.27. The zero-order valence-corrected chi connectivity index (χ0v) is 16.4. The Balaban J connectivity index is 1.63. The van der Waals surface area contributed by atoms with E-state index in [0.29, 0.717) is 25.2 Å². The summed E-state index contributed by atoms with van der Waals surface area (Å²) in [5, 5.41) is 7.28.